The molecule has 0 fully saturated rings. The third-order valence-corrected chi connectivity index (χ3v) is 3.95. The number of carbonyl (C=O) groups is 2. The van der Waals surface area contributed by atoms with E-state index in [1.807, 2.05) is 25.1 Å². The maximum Gasteiger partial charge on any atom is 0.194 e. The maximum absolute atomic E-state index is 12.4. The lowest BCUT2D eigenvalue weighted by Gasteiger charge is -2.21. The Morgan fingerprint density at radius 2 is 1.43 bits per heavy atom. The largest absolute Gasteiger partial charge is 0.382 e. The molecule has 23 heavy (non-hydrogen) atoms. The summed E-state index contributed by atoms with van der Waals surface area (Å²) in [5.41, 5.74) is 0.208. The number of unbranched alkanes of at least 4 members (excludes halogenated alkanes) is 1. The molecule has 0 radical (unpaired) electrons. The topological polar surface area (TPSA) is 54.4 Å². The van der Waals surface area contributed by atoms with Crippen LogP contribution in [0.2, 0.25) is 0 Å². The van der Waals surface area contributed by atoms with E-state index in [0.717, 1.165) is 12.8 Å². The summed E-state index contributed by atoms with van der Waals surface area (Å²) in [6.07, 6.45) is 2.16. The second-order valence-corrected chi connectivity index (χ2v) is 5.98. The highest BCUT2D eigenvalue weighted by Gasteiger charge is 2.30. The lowest BCUT2D eigenvalue weighted by atomic mass is 9.89. The second kappa shape index (κ2) is 7.34. The first-order valence-electron chi connectivity index (χ1n) is 7.92. The van der Waals surface area contributed by atoms with Crippen LogP contribution in [0.3, 0.4) is 0 Å². The Labute approximate surface area is 137 Å². The summed E-state index contributed by atoms with van der Waals surface area (Å²) in [5, 5.41) is 10.3. The van der Waals surface area contributed by atoms with Gasteiger partial charge in [-0.25, -0.2) is 0 Å². The van der Waals surface area contributed by atoms with Crippen LogP contribution in [0.4, 0.5) is 0 Å². The zero-order valence-corrected chi connectivity index (χ0v) is 13.6. The van der Waals surface area contributed by atoms with Crippen molar-refractivity contribution < 1.29 is 14.7 Å². The average Bonchev–Trinajstić information content (AvgIpc) is 2.59. The fourth-order valence-corrected chi connectivity index (χ4v) is 2.47. The Morgan fingerprint density at radius 3 is 2.00 bits per heavy atom. The lowest BCUT2D eigenvalue weighted by Crippen LogP contribution is -2.35. The first kappa shape index (κ1) is 17.1. The quantitative estimate of drug-likeness (QED) is 0.785. The molecule has 1 unspecified atom stereocenters. The molecule has 1 atom stereocenters. The molecule has 0 saturated heterocycles. The number of hydrogen-bond acceptors (Lipinski definition) is 3. The fourth-order valence-electron chi connectivity index (χ4n) is 2.47. The lowest BCUT2D eigenvalue weighted by molar-refractivity contribution is 0.0357. The summed E-state index contributed by atoms with van der Waals surface area (Å²) in [7, 11) is 0. The van der Waals surface area contributed by atoms with Gasteiger partial charge in [-0.15, -0.1) is 0 Å². The molecular formula is C20H22O3. The SMILES string of the molecule is CCCCC(C)(O)C(=O)c1ccc(C(=O)c2ccccc2)cc1. The highest BCUT2D eigenvalue weighted by Crippen LogP contribution is 2.20. The smallest absolute Gasteiger partial charge is 0.194 e. The Morgan fingerprint density at radius 1 is 0.913 bits per heavy atom. The van der Waals surface area contributed by atoms with Gasteiger partial charge in [0.25, 0.3) is 0 Å². The van der Waals surface area contributed by atoms with Crippen LogP contribution < -0.4 is 0 Å². The summed E-state index contributed by atoms with van der Waals surface area (Å²) in [5.74, 6) is -0.382. The minimum atomic E-state index is -1.36. The number of Topliss-reactive ketones (excluding diaryl/α,β-unsaturated/α-hetero) is 1. The zero-order chi connectivity index (χ0) is 16.9. The van der Waals surface area contributed by atoms with Gasteiger partial charge in [-0.1, -0.05) is 74.4 Å². The van der Waals surface area contributed by atoms with Crippen molar-refractivity contribution in [2.45, 2.75) is 38.7 Å². The van der Waals surface area contributed by atoms with Gasteiger partial charge in [0.1, 0.15) is 5.60 Å². The van der Waals surface area contributed by atoms with E-state index in [9.17, 15) is 14.7 Å². The third kappa shape index (κ3) is 4.14. The summed E-state index contributed by atoms with van der Waals surface area (Å²) < 4.78 is 0. The number of hydrogen-bond donors (Lipinski definition) is 1. The van der Waals surface area contributed by atoms with E-state index in [0.29, 0.717) is 23.1 Å². The van der Waals surface area contributed by atoms with E-state index in [-0.39, 0.29) is 11.6 Å². The van der Waals surface area contributed by atoms with Crippen LogP contribution in [-0.2, 0) is 0 Å². The number of rotatable bonds is 7. The van der Waals surface area contributed by atoms with E-state index in [2.05, 4.69) is 0 Å². The van der Waals surface area contributed by atoms with Crippen molar-refractivity contribution in [3.8, 4) is 0 Å². The van der Waals surface area contributed by atoms with Crippen LogP contribution in [0.5, 0.6) is 0 Å². The molecule has 0 bridgehead atoms. The molecule has 2 aromatic rings. The molecule has 0 aliphatic rings. The molecule has 2 rings (SSSR count). The van der Waals surface area contributed by atoms with Gasteiger partial charge in [-0.2, -0.15) is 0 Å². The molecule has 0 aliphatic carbocycles. The van der Waals surface area contributed by atoms with Crippen molar-refractivity contribution in [3.63, 3.8) is 0 Å². The molecule has 120 valence electrons. The summed E-state index contributed by atoms with van der Waals surface area (Å²) in [6, 6.07) is 15.5. The van der Waals surface area contributed by atoms with Gasteiger partial charge in [-0.3, -0.25) is 9.59 Å². The summed E-state index contributed by atoms with van der Waals surface area (Å²) >= 11 is 0. The van der Waals surface area contributed by atoms with Gasteiger partial charge < -0.3 is 5.11 Å². The molecule has 0 aliphatic heterocycles. The first-order chi connectivity index (χ1) is 11.0. The Balaban J connectivity index is 2.16. The van der Waals surface area contributed by atoms with Gasteiger partial charge in [0.15, 0.2) is 11.6 Å². The van der Waals surface area contributed by atoms with E-state index < -0.39 is 5.60 Å². The van der Waals surface area contributed by atoms with Crippen LogP contribution in [0.1, 0.15) is 59.4 Å². The summed E-state index contributed by atoms with van der Waals surface area (Å²) in [4.78, 5) is 24.7. The minimum absolute atomic E-state index is 0.0812. The first-order valence-corrected chi connectivity index (χ1v) is 7.92. The van der Waals surface area contributed by atoms with E-state index in [1.165, 1.54) is 0 Å². The molecule has 0 amide bonds. The van der Waals surface area contributed by atoms with E-state index in [4.69, 9.17) is 0 Å². The number of ketones is 2. The van der Waals surface area contributed by atoms with Crippen molar-refractivity contribution in [1.29, 1.82) is 0 Å². The standard InChI is InChI=1S/C20H22O3/c1-3-4-14-20(2,23)19(22)17-12-10-16(11-13-17)18(21)15-8-6-5-7-9-15/h5-13,23H,3-4,14H2,1-2H3. The van der Waals surface area contributed by atoms with Gasteiger partial charge >= 0.3 is 0 Å². The van der Waals surface area contributed by atoms with Crippen molar-refractivity contribution >= 4 is 11.6 Å². The molecule has 1 N–H and O–H groups in total. The van der Waals surface area contributed by atoms with Crippen molar-refractivity contribution in [3.05, 3.63) is 71.3 Å². The van der Waals surface area contributed by atoms with Crippen molar-refractivity contribution in [2.75, 3.05) is 0 Å². The number of benzene rings is 2. The minimum Gasteiger partial charge on any atom is -0.382 e. The van der Waals surface area contributed by atoms with Crippen LogP contribution >= 0.6 is 0 Å². The van der Waals surface area contributed by atoms with Crippen molar-refractivity contribution in [1.82, 2.24) is 0 Å². The molecule has 0 spiro atoms. The van der Waals surface area contributed by atoms with E-state index in [1.54, 1.807) is 43.3 Å². The Hall–Kier alpha value is -2.26. The molecular weight excluding hydrogens is 288 g/mol. The van der Waals surface area contributed by atoms with E-state index >= 15 is 0 Å². The molecule has 0 heterocycles. The highest BCUT2D eigenvalue weighted by molar-refractivity contribution is 6.09. The predicted molar refractivity (Wildman–Crippen MR) is 90.8 cm³/mol. The number of aliphatic hydroxyl groups is 1. The van der Waals surface area contributed by atoms with Crippen LogP contribution in [0.25, 0.3) is 0 Å². The van der Waals surface area contributed by atoms with Crippen LogP contribution in [0, 0.1) is 0 Å². The normalized spacial score (nSPS) is 13.3. The Bertz CT molecular complexity index is 670. The molecule has 0 saturated carbocycles. The van der Waals surface area contributed by atoms with Gasteiger partial charge in [0.05, 0.1) is 0 Å². The van der Waals surface area contributed by atoms with Crippen LogP contribution in [0.15, 0.2) is 54.6 Å². The molecule has 0 aromatic heterocycles. The average molecular weight is 310 g/mol. The third-order valence-electron chi connectivity index (χ3n) is 3.95. The number of carbonyl (C=O) groups excluding carboxylic acids is 2. The fraction of sp³-hybridized carbons (Fsp3) is 0.300. The Kier molecular flexibility index (Phi) is 5.45. The predicted octanol–water partition coefficient (Wildman–Crippen LogP) is 4.04. The van der Waals surface area contributed by atoms with Crippen molar-refractivity contribution in [2.24, 2.45) is 0 Å². The molecule has 3 nitrogen and oxygen atoms in total. The molecule has 2 aromatic carbocycles. The summed E-state index contributed by atoms with van der Waals surface area (Å²) in [6.45, 7) is 3.57. The van der Waals surface area contributed by atoms with Gasteiger partial charge in [-0.05, 0) is 13.3 Å². The van der Waals surface area contributed by atoms with Crippen LogP contribution in [-0.4, -0.2) is 22.3 Å². The second-order valence-electron chi connectivity index (χ2n) is 5.98. The van der Waals surface area contributed by atoms with Gasteiger partial charge in [0, 0.05) is 16.7 Å². The highest BCUT2D eigenvalue weighted by atomic mass is 16.3. The van der Waals surface area contributed by atoms with Gasteiger partial charge in [0.2, 0.25) is 0 Å². The maximum atomic E-state index is 12.4. The zero-order valence-electron chi connectivity index (χ0n) is 13.6. The molecule has 3 heteroatoms. The monoisotopic (exact) mass is 310 g/mol.